The Hall–Kier alpha value is -0.340. The second-order valence-electron chi connectivity index (χ2n) is 5.48. The van der Waals surface area contributed by atoms with Crippen LogP contribution in [-0.4, -0.2) is 22.9 Å². The van der Waals surface area contributed by atoms with Gasteiger partial charge in [0.15, 0.2) is 0 Å². The summed E-state index contributed by atoms with van der Waals surface area (Å²) in [5.41, 5.74) is 0. The highest BCUT2D eigenvalue weighted by Gasteiger charge is 1.95. The van der Waals surface area contributed by atoms with Crippen molar-refractivity contribution in [3.8, 4) is 0 Å². The number of aliphatic hydroxyl groups excluding tert-OH is 2. The van der Waals surface area contributed by atoms with Gasteiger partial charge < -0.3 is 10.2 Å². The lowest BCUT2D eigenvalue weighted by Gasteiger charge is -2.02. The van der Waals surface area contributed by atoms with Gasteiger partial charge in [-0.3, -0.25) is 0 Å². The third-order valence-corrected chi connectivity index (χ3v) is 3.51. The zero-order chi connectivity index (χ0) is 14.2. The maximum Gasteiger partial charge on any atom is 0.0742 e. The van der Waals surface area contributed by atoms with Crippen LogP contribution in [0.15, 0.2) is 12.2 Å². The van der Waals surface area contributed by atoms with E-state index in [2.05, 4.69) is 6.92 Å². The second-order valence-corrected chi connectivity index (χ2v) is 5.48. The van der Waals surface area contributed by atoms with Gasteiger partial charge in [-0.1, -0.05) is 76.9 Å². The zero-order valence-corrected chi connectivity index (χ0v) is 12.8. The first kappa shape index (κ1) is 18.7. The molecule has 0 heterocycles. The Bertz CT molecular complexity index is 190. The van der Waals surface area contributed by atoms with E-state index in [1.807, 2.05) is 12.2 Å². The topological polar surface area (TPSA) is 40.5 Å². The summed E-state index contributed by atoms with van der Waals surface area (Å²) in [7, 11) is 0. The Labute approximate surface area is 119 Å². The van der Waals surface area contributed by atoms with Gasteiger partial charge in [0.2, 0.25) is 0 Å². The minimum absolute atomic E-state index is 0.0593. The van der Waals surface area contributed by atoms with Crippen molar-refractivity contribution >= 4 is 0 Å². The first-order valence-corrected chi connectivity index (χ1v) is 8.26. The summed E-state index contributed by atoms with van der Waals surface area (Å²) in [6.45, 7) is 2.32. The number of rotatable bonds is 14. The summed E-state index contributed by atoms with van der Waals surface area (Å²) < 4.78 is 0. The normalized spacial score (nSPS) is 13.2. The number of aliphatic hydroxyl groups is 2. The van der Waals surface area contributed by atoms with E-state index in [1.54, 1.807) is 0 Å². The zero-order valence-electron chi connectivity index (χ0n) is 12.8. The van der Waals surface area contributed by atoms with Crippen LogP contribution < -0.4 is 0 Å². The van der Waals surface area contributed by atoms with Gasteiger partial charge in [0, 0.05) is 6.61 Å². The van der Waals surface area contributed by atoms with Crippen molar-refractivity contribution in [3.63, 3.8) is 0 Å². The molecule has 0 aliphatic carbocycles. The molecule has 2 N–H and O–H groups in total. The average molecular weight is 270 g/mol. The van der Waals surface area contributed by atoms with Crippen LogP contribution >= 0.6 is 0 Å². The third-order valence-electron chi connectivity index (χ3n) is 3.51. The van der Waals surface area contributed by atoms with Gasteiger partial charge in [-0.15, -0.1) is 0 Å². The summed E-state index contributed by atoms with van der Waals surface area (Å²) in [6.07, 6.45) is 18.5. The molecule has 0 rings (SSSR count). The van der Waals surface area contributed by atoms with Crippen LogP contribution in [0.1, 0.15) is 84.0 Å². The molecule has 2 nitrogen and oxygen atoms in total. The maximum atomic E-state index is 9.36. The van der Waals surface area contributed by atoms with Crippen LogP contribution in [-0.2, 0) is 0 Å². The largest absolute Gasteiger partial charge is 0.396 e. The van der Waals surface area contributed by atoms with Crippen LogP contribution in [0.2, 0.25) is 0 Å². The van der Waals surface area contributed by atoms with E-state index in [0.29, 0.717) is 6.42 Å². The first-order valence-electron chi connectivity index (χ1n) is 8.26. The molecule has 0 bridgehead atoms. The number of hydrogen-bond acceptors (Lipinski definition) is 2. The third kappa shape index (κ3) is 15.6. The highest BCUT2D eigenvalue weighted by atomic mass is 16.3. The number of allylic oxidation sites excluding steroid dienone is 1. The molecule has 0 saturated heterocycles. The molecule has 0 aromatic carbocycles. The molecular weight excluding hydrogens is 236 g/mol. The molecule has 0 fully saturated rings. The van der Waals surface area contributed by atoms with E-state index in [-0.39, 0.29) is 6.61 Å². The van der Waals surface area contributed by atoms with Crippen molar-refractivity contribution in [2.24, 2.45) is 0 Å². The van der Waals surface area contributed by atoms with Gasteiger partial charge in [0.05, 0.1) is 6.10 Å². The van der Waals surface area contributed by atoms with Gasteiger partial charge in [0.1, 0.15) is 0 Å². The predicted octanol–water partition coefficient (Wildman–Crippen LogP) is 4.60. The van der Waals surface area contributed by atoms with Gasteiger partial charge in [-0.2, -0.15) is 0 Å². The quantitative estimate of drug-likeness (QED) is 0.358. The molecule has 1 atom stereocenters. The van der Waals surface area contributed by atoms with Crippen molar-refractivity contribution in [1.82, 2.24) is 0 Å². The molecule has 0 amide bonds. The first-order chi connectivity index (χ1) is 9.31. The van der Waals surface area contributed by atoms with Crippen molar-refractivity contribution < 1.29 is 10.2 Å². The SMILES string of the molecule is CCCCCCCCCCCC/C=C/[C@@H](O)CCO. The van der Waals surface area contributed by atoms with Crippen LogP contribution in [0.5, 0.6) is 0 Å². The van der Waals surface area contributed by atoms with Crippen molar-refractivity contribution in [2.75, 3.05) is 6.61 Å². The lowest BCUT2D eigenvalue weighted by atomic mass is 10.1. The summed E-state index contributed by atoms with van der Waals surface area (Å²) in [5, 5.41) is 18.0. The Kier molecular flexibility index (Phi) is 15.4. The van der Waals surface area contributed by atoms with E-state index in [0.717, 1.165) is 6.42 Å². The van der Waals surface area contributed by atoms with Crippen LogP contribution in [0.3, 0.4) is 0 Å². The molecule has 0 spiro atoms. The monoisotopic (exact) mass is 270 g/mol. The fourth-order valence-electron chi connectivity index (χ4n) is 2.23. The summed E-state index contributed by atoms with van der Waals surface area (Å²) >= 11 is 0. The highest BCUT2D eigenvalue weighted by Crippen LogP contribution is 2.11. The van der Waals surface area contributed by atoms with Gasteiger partial charge >= 0.3 is 0 Å². The van der Waals surface area contributed by atoms with E-state index < -0.39 is 6.10 Å². The average Bonchev–Trinajstić information content (AvgIpc) is 2.40. The smallest absolute Gasteiger partial charge is 0.0742 e. The van der Waals surface area contributed by atoms with Crippen molar-refractivity contribution in [3.05, 3.63) is 12.2 Å². The molecule has 0 aromatic heterocycles. The maximum absolute atomic E-state index is 9.36. The summed E-state index contributed by atoms with van der Waals surface area (Å²) in [4.78, 5) is 0. The highest BCUT2D eigenvalue weighted by molar-refractivity contribution is 4.88. The fraction of sp³-hybridized carbons (Fsp3) is 0.882. The minimum Gasteiger partial charge on any atom is -0.396 e. The molecule has 0 aliphatic rings. The van der Waals surface area contributed by atoms with Gasteiger partial charge in [0.25, 0.3) is 0 Å². The minimum atomic E-state index is -0.465. The Morgan fingerprint density at radius 2 is 1.37 bits per heavy atom. The number of hydrogen-bond donors (Lipinski definition) is 2. The lowest BCUT2D eigenvalue weighted by molar-refractivity contribution is 0.170. The van der Waals surface area contributed by atoms with Crippen LogP contribution in [0.25, 0.3) is 0 Å². The molecular formula is C17H34O2. The summed E-state index contributed by atoms with van der Waals surface area (Å²) in [5.74, 6) is 0. The van der Waals surface area contributed by atoms with E-state index in [4.69, 9.17) is 5.11 Å². The van der Waals surface area contributed by atoms with Crippen molar-refractivity contribution in [2.45, 2.75) is 90.1 Å². The molecule has 0 radical (unpaired) electrons. The molecule has 0 saturated carbocycles. The summed E-state index contributed by atoms with van der Waals surface area (Å²) in [6, 6.07) is 0. The van der Waals surface area contributed by atoms with Crippen LogP contribution in [0, 0.1) is 0 Å². The Balaban J connectivity index is 3.10. The molecule has 0 aromatic rings. The molecule has 2 heteroatoms. The standard InChI is InChI=1S/C17H34O2/c1-2-3-4-5-6-7-8-9-10-11-12-13-14-17(19)15-16-18/h13-14,17-19H,2-12,15-16H2,1H3/b14-13+/t17-/m1/s1. The Morgan fingerprint density at radius 3 is 1.89 bits per heavy atom. The van der Waals surface area contributed by atoms with E-state index in [9.17, 15) is 5.11 Å². The Morgan fingerprint density at radius 1 is 0.842 bits per heavy atom. The predicted molar refractivity (Wildman–Crippen MR) is 83.3 cm³/mol. The molecule has 0 unspecified atom stereocenters. The molecule has 19 heavy (non-hydrogen) atoms. The number of unbranched alkanes of at least 4 members (excludes halogenated alkanes) is 10. The second kappa shape index (κ2) is 15.7. The van der Waals surface area contributed by atoms with Gasteiger partial charge in [-0.25, -0.2) is 0 Å². The van der Waals surface area contributed by atoms with Crippen molar-refractivity contribution in [1.29, 1.82) is 0 Å². The van der Waals surface area contributed by atoms with Crippen LogP contribution in [0.4, 0.5) is 0 Å². The molecule has 0 aliphatic heterocycles. The molecule has 114 valence electrons. The van der Waals surface area contributed by atoms with E-state index in [1.165, 1.54) is 64.2 Å². The van der Waals surface area contributed by atoms with E-state index >= 15 is 0 Å². The fourth-order valence-corrected chi connectivity index (χ4v) is 2.23. The van der Waals surface area contributed by atoms with Gasteiger partial charge in [-0.05, 0) is 19.3 Å². The lowest BCUT2D eigenvalue weighted by Crippen LogP contribution is -2.03.